The average Bonchev–Trinajstić information content (AvgIpc) is 2.78. The van der Waals surface area contributed by atoms with Crippen LogP contribution in [0.15, 0.2) is 41.1 Å². The van der Waals surface area contributed by atoms with Crippen molar-refractivity contribution in [2.24, 2.45) is 5.92 Å². The van der Waals surface area contributed by atoms with E-state index in [0.29, 0.717) is 4.47 Å². The smallest absolute Gasteiger partial charge is 0.435 e. The van der Waals surface area contributed by atoms with Gasteiger partial charge in [0.2, 0.25) is 0 Å². The third-order valence-corrected chi connectivity index (χ3v) is 6.46. The number of rotatable bonds is 8. The van der Waals surface area contributed by atoms with Crippen LogP contribution >= 0.6 is 15.9 Å². The molecule has 42 heavy (non-hydrogen) atoms. The van der Waals surface area contributed by atoms with Crippen molar-refractivity contribution in [3.63, 3.8) is 0 Å². The largest absolute Gasteiger partial charge is 0.453 e. The third-order valence-electron chi connectivity index (χ3n) is 5.96. The van der Waals surface area contributed by atoms with Gasteiger partial charge in [0.1, 0.15) is 18.0 Å². The highest BCUT2D eigenvalue weighted by Gasteiger charge is 2.66. The van der Waals surface area contributed by atoms with Crippen molar-refractivity contribution in [2.75, 3.05) is 18.4 Å². The van der Waals surface area contributed by atoms with Crippen molar-refractivity contribution in [1.82, 2.24) is 14.9 Å². The van der Waals surface area contributed by atoms with E-state index in [-0.39, 0.29) is 27.3 Å². The number of fused-ring (bicyclic) bond motifs is 1. The molecule has 0 radical (unpaired) electrons. The molecule has 0 saturated carbocycles. The van der Waals surface area contributed by atoms with Gasteiger partial charge in [0.05, 0.1) is 24.3 Å². The maximum atomic E-state index is 14.4. The number of halogens is 2. The third kappa shape index (κ3) is 6.82. The first-order valence-electron chi connectivity index (χ1n) is 11.4. The van der Waals surface area contributed by atoms with Gasteiger partial charge in [-0.1, -0.05) is 15.9 Å². The number of benzene rings is 2. The molecule has 0 aliphatic carbocycles. The van der Waals surface area contributed by atoms with Gasteiger partial charge >= 0.3 is 18.2 Å². The van der Waals surface area contributed by atoms with E-state index in [9.17, 15) is 65.7 Å². The molecule has 1 fully saturated rings. The second-order valence-corrected chi connectivity index (χ2v) is 10.3. The molecule has 18 nitrogen and oxygen atoms in total. The fraction of sp³-hybridized carbons (Fsp3) is 0.364. The number of hydrogen-bond donors (Lipinski definition) is 13. The number of hydrogen-bond acceptors (Lipinski definition) is 18. The zero-order valence-corrected chi connectivity index (χ0v) is 22.3. The van der Waals surface area contributed by atoms with E-state index in [1.807, 2.05) is 0 Å². The first-order valence-corrected chi connectivity index (χ1v) is 12.2. The number of likely N-dealkylation sites (tertiary alicyclic amines) is 1. The van der Waals surface area contributed by atoms with Crippen LogP contribution in [0.4, 0.5) is 15.9 Å². The Morgan fingerprint density at radius 1 is 0.881 bits per heavy atom. The predicted octanol–water partition coefficient (Wildman–Crippen LogP) is -3.86. The summed E-state index contributed by atoms with van der Waals surface area (Å²) in [5.41, 5.74) is -0.207. The highest BCUT2D eigenvalue weighted by Crippen LogP contribution is 2.44. The molecule has 1 aliphatic heterocycles. The molecular formula is C22H24BrFN4O14. The molecule has 0 unspecified atom stereocenters. The van der Waals surface area contributed by atoms with Gasteiger partial charge in [-0.3, -0.25) is 0 Å². The Balaban J connectivity index is 1.77. The van der Waals surface area contributed by atoms with E-state index in [2.05, 4.69) is 36.0 Å². The summed E-state index contributed by atoms with van der Waals surface area (Å²) in [4.78, 5) is 7.84. The Morgan fingerprint density at radius 2 is 1.48 bits per heavy atom. The second-order valence-electron chi connectivity index (χ2n) is 9.37. The number of ether oxygens (including phenoxy) is 2. The molecule has 0 spiro atoms. The van der Waals surface area contributed by atoms with Gasteiger partial charge in [0.15, 0.2) is 29.0 Å². The van der Waals surface area contributed by atoms with E-state index in [0.717, 1.165) is 24.5 Å². The van der Waals surface area contributed by atoms with Crippen molar-refractivity contribution in [2.45, 2.75) is 29.8 Å². The molecule has 0 amide bonds. The summed E-state index contributed by atoms with van der Waals surface area (Å²) in [5.74, 6) is -17.0. The standard InChI is InChI=1S/C22H24BrFN4O14/c23-9-1-2-12(11(24)3-9)27-16-10-4-14(42-22(38,39)40)15(5-13(10)25-8-26-16)41-20(33,34)17-18(29,30)6-28(21(35,36)37)7-19(17,31)32/h1-5,8,17,29-40H,6-7H2,(H,25,26,27). The van der Waals surface area contributed by atoms with Gasteiger partial charge in [0, 0.05) is 15.9 Å². The maximum absolute atomic E-state index is 14.4. The van der Waals surface area contributed by atoms with Crippen LogP contribution in [-0.4, -0.2) is 119 Å². The van der Waals surface area contributed by atoms with Crippen LogP contribution in [-0.2, 0) is 0 Å². The number of nitrogens with one attached hydrogen (secondary N) is 1. The van der Waals surface area contributed by atoms with Gasteiger partial charge < -0.3 is 76.1 Å². The van der Waals surface area contributed by atoms with Gasteiger partial charge in [-0.2, -0.15) is 0 Å². The van der Waals surface area contributed by atoms with Crippen LogP contribution < -0.4 is 14.8 Å². The van der Waals surface area contributed by atoms with Gasteiger partial charge in [-0.15, -0.1) is 0 Å². The highest BCUT2D eigenvalue weighted by atomic mass is 79.9. The molecule has 0 bridgehead atoms. The van der Waals surface area contributed by atoms with E-state index in [1.54, 1.807) is 0 Å². The molecule has 1 aliphatic rings. The van der Waals surface area contributed by atoms with E-state index >= 15 is 0 Å². The Bertz CT molecular complexity index is 1460. The minimum Gasteiger partial charge on any atom is -0.435 e. The normalized spacial score (nSPS) is 18.2. The summed E-state index contributed by atoms with van der Waals surface area (Å²) in [6, 6.07) is 5.67. The quantitative estimate of drug-likeness (QED) is 0.102. The first kappa shape index (κ1) is 32.0. The molecule has 4 rings (SSSR count). The van der Waals surface area contributed by atoms with Gasteiger partial charge in [-0.05, 0) is 24.3 Å². The zero-order valence-electron chi connectivity index (χ0n) is 20.7. The Morgan fingerprint density at radius 3 is 2.02 bits per heavy atom. The molecule has 13 N–H and O–H groups in total. The van der Waals surface area contributed by atoms with E-state index in [1.165, 1.54) is 12.1 Å². The lowest BCUT2D eigenvalue weighted by atomic mass is 9.82. The average molecular weight is 667 g/mol. The van der Waals surface area contributed by atoms with Crippen molar-refractivity contribution in [3.8, 4) is 11.5 Å². The van der Waals surface area contributed by atoms with Crippen molar-refractivity contribution < 1.29 is 75.1 Å². The Labute approximate surface area is 241 Å². The summed E-state index contributed by atoms with van der Waals surface area (Å²) in [7, 11) is 0. The summed E-state index contributed by atoms with van der Waals surface area (Å²) in [5, 5.41) is 122. The second kappa shape index (κ2) is 10.7. The number of anilines is 2. The number of nitrogens with zero attached hydrogens (tertiary/aromatic N) is 3. The topological polar surface area (TPSA) is 302 Å². The molecule has 2 aromatic carbocycles. The summed E-state index contributed by atoms with van der Waals surface area (Å²) in [6.45, 7) is -2.83. The summed E-state index contributed by atoms with van der Waals surface area (Å²) in [6.07, 6.45) is -6.75. The van der Waals surface area contributed by atoms with Crippen LogP contribution in [0.1, 0.15) is 0 Å². The maximum Gasteiger partial charge on any atom is 0.453 e. The fourth-order valence-electron chi connectivity index (χ4n) is 4.39. The zero-order chi connectivity index (χ0) is 31.5. The molecule has 3 aromatic rings. The van der Waals surface area contributed by atoms with Crippen LogP contribution in [0.3, 0.4) is 0 Å². The lowest BCUT2D eigenvalue weighted by Crippen LogP contribution is -2.76. The fourth-order valence-corrected chi connectivity index (χ4v) is 4.73. The molecule has 2 heterocycles. The lowest BCUT2D eigenvalue weighted by Gasteiger charge is -2.52. The van der Waals surface area contributed by atoms with Crippen LogP contribution in [0.25, 0.3) is 10.9 Å². The molecule has 1 saturated heterocycles. The molecule has 1 aromatic heterocycles. The van der Waals surface area contributed by atoms with Crippen molar-refractivity contribution in [1.29, 1.82) is 0 Å². The summed E-state index contributed by atoms with van der Waals surface area (Å²) < 4.78 is 24.4. The lowest BCUT2D eigenvalue weighted by molar-refractivity contribution is -0.481. The van der Waals surface area contributed by atoms with Gasteiger partial charge in [0.25, 0.3) is 0 Å². The molecule has 20 heteroatoms. The highest BCUT2D eigenvalue weighted by molar-refractivity contribution is 9.10. The van der Waals surface area contributed by atoms with Crippen LogP contribution in [0.5, 0.6) is 11.5 Å². The molecular weight excluding hydrogens is 643 g/mol. The summed E-state index contributed by atoms with van der Waals surface area (Å²) >= 11 is 3.11. The van der Waals surface area contributed by atoms with E-state index < -0.39 is 66.1 Å². The van der Waals surface area contributed by atoms with Crippen LogP contribution in [0.2, 0.25) is 0 Å². The van der Waals surface area contributed by atoms with Crippen molar-refractivity contribution >= 4 is 38.3 Å². The number of piperidine rings is 1. The number of aromatic nitrogens is 2. The minimum atomic E-state index is -4.02. The monoisotopic (exact) mass is 666 g/mol. The van der Waals surface area contributed by atoms with E-state index in [4.69, 9.17) is 4.74 Å². The number of aliphatic hydroxyl groups is 12. The SMILES string of the molecule is OC(O)(O)Oc1cc2c(Nc3ccc(Br)cc3F)ncnc2cc1OC(O)(O)C1C(O)(O)CN(C(O)(O)O)CC1(O)O. The van der Waals surface area contributed by atoms with Crippen LogP contribution in [0, 0.1) is 11.7 Å². The Kier molecular flexibility index (Phi) is 8.12. The van der Waals surface area contributed by atoms with Gasteiger partial charge in [-0.25, -0.2) is 19.3 Å². The first-order chi connectivity index (χ1) is 19.1. The minimum absolute atomic E-state index is 0.0541. The molecule has 0 atom stereocenters. The molecule has 230 valence electrons. The number of β-amino-alcohol motifs (C(OH)–C–C–N with tert-alkyl or cyclic N) is 4. The predicted molar refractivity (Wildman–Crippen MR) is 134 cm³/mol. The Hall–Kier alpha value is -2.93. The van der Waals surface area contributed by atoms with Crippen molar-refractivity contribution in [3.05, 3.63) is 46.9 Å².